The fraction of sp³-hybridized carbons (Fsp3) is 1.00. The third kappa shape index (κ3) is 5.22. The van der Waals surface area contributed by atoms with Crippen LogP contribution in [0.5, 0.6) is 0 Å². The van der Waals surface area contributed by atoms with Gasteiger partial charge >= 0.3 is 0 Å². The van der Waals surface area contributed by atoms with Crippen LogP contribution in [0.15, 0.2) is 0 Å². The second-order valence-corrected chi connectivity index (χ2v) is 6.87. The van der Waals surface area contributed by atoms with E-state index in [1.807, 2.05) is 6.92 Å². The predicted octanol–water partition coefficient (Wildman–Crippen LogP) is 0.674. The first-order valence-electron chi connectivity index (χ1n) is 6.77. The van der Waals surface area contributed by atoms with Gasteiger partial charge in [-0.25, -0.2) is 8.42 Å². The van der Waals surface area contributed by atoms with Crippen LogP contribution < -0.4 is 5.32 Å². The number of piperidine rings is 1. The highest BCUT2D eigenvalue weighted by Crippen LogP contribution is 2.17. The number of hydrogen-bond donors (Lipinski definition) is 1. The van der Waals surface area contributed by atoms with Crippen molar-refractivity contribution in [2.75, 3.05) is 45.6 Å². The highest BCUT2D eigenvalue weighted by Gasteiger charge is 2.22. The van der Waals surface area contributed by atoms with Crippen molar-refractivity contribution in [2.45, 2.75) is 26.2 Å². The maximum atomic E-state index is 12.2. The van der Waals surface area contributed by atoms with Crippen LogP contribution in [0.25, 0.3) is 0 Å². The smallest absolute Gasteiger partial charge is 0.214 e. The largest absolute Gasteiger partial charge is 0.383 e. The molecule has 1 fully saturated rings. The number of methoxy groups -OCH3 is 1. The second-order valence-electron chi connectivity index (χ2n) is 4.78. The summed E-state index contributed by atoms with van der Waals surface area (Å²) >= 11 is 0. The van der Waals surface area contributed by atoms with E-state index < -0.39 is 10.0 Å². The van der Waals surface area contributed by atoms with E-state index in [2.05, 4.69) is 5.32 Å². The summed E-state index contributed by atoms with van der Waals surface area (Å²) in [5.74, 6) is 0.831. The van der Waals surface area contributed by atoms with Crippen molar-refractivity contribution >= 4 is 10.0 Å². The quantitative estimate of drug-likeness (QED) is 0.709. The van der Waals surface area contributed by atoms with Crippen LogP contribution in [0.4, 0.5) is 0 Å². The van der Waals surface area contributed by atoms with Gasteiger partial charge in [0, 0.05) is 20.2 Å². The lowest BCUT2D eigenvalue weighted by Gasteiger charge is -2.24. The Bertz CT molecular complexity index is 313. The van der Waals surface area contributed by atoms with Gasteiger partial charge in [-0.15, -0.1) is 0 Å². The summed E-state index contributed by atoms with van der Waals surface area (Å²) in [4.78, 5) is 0. The van der Waals surface area contributed by atoms with E-state index in [1.165, 1.54) is 4.31 Å². The van der Waals surface area contributed by atoms with Gasteiger partial charge in [0.2, 0.25) is 10.0 Å². The maximum absolute atomic E-state index is 12.2. The molecule has 1 N–H and O–H groups in total. The fourth-order valence-corrected chi connectivity index (χ4v) is 3.94. The molecule has 1 aliphatic rings. The Hall–Kier alpha value is -0.170. The number of hydrogen-bond acceptors (Lipinski definition) is 4. The molecule has 0 unspecified atom stereocenters. The van der Waals surface area contributed by atoms with Gasteiger partial charge in [-0.1, -0.05) is 6.92 Å². The average Bonchev–Trinajstić information content (AvgIpc) is 2.38. The third-order valence-electron chi connectivity index (χ3n) is 3.53. The van der Waals surface area contributed by atoms with E-state index in [-0.39, 0.29) is 5.75 Å². The number of nitrogens with one attached hydrogen (secondary N) is 1. The summed E-state index contributed by atoms with van der Waals surface area (Å²) in [6.07, 6.45) is 2.98. The molecule has 1 aliphatic heterocycles. The molecule has 0 spiro atoms. The van der Waals surface area contributed by atoms with Gasteiger partial charge in [-0.3, -0.25) is 0 Å². The Morgan fingerprint density at radius 1 is 1.33 bits per heavy atom. The first-order chi connectivity index (χ1) is 8.60. The fourth-order valence-electron chi connectivity index (χ4n) is 2.30. The van der Waals surface area contributed by atoms with Crippen molar-refractivity contribution < 1.29 is 13.2 Å². The summed E-state index contributed by atoms with van der Waals surface area (Å²) in [5, 5.41) is 3.30. The molecule has 1 rings (SSSR count). The number of nitrogens with zero attached hydrogens (tertiary/aromatic N) is 1. The van der Waals surface area contributed by atoms with Gasteiger partial charge in [0.05, 0.1) is 12.4 Å². The monoisotopic (exact) mass is 278 g/mol. The molecule has 6 heteroatoms. The zero-order valence-corrected chi connectivity index (χ0v) is 12.3. The number of rotatable bonds is 8. The van der Waals surface area contributed by atoms with Gasteiger partial charge in [-0.05, 0) is 38.3 Å². The topological polar surface area (TPSA) is 58.6 Å². The van der Waals surface area contributed by atoms with Crippen molar-refractivity contribution in [1.82, 2.24) is 9.62 Å². The summed E-state index contributed by atoms with van der Waals surface area (Å²) in [6.45, 7) is 5.36. The Morgan fingerprint density at radius 3 is 2.56 bits per heavy atom. The summed E-state index contributed by atoms with van der Waals surface area (Å²) in [7, 11) is -1.52. The molecule has 1 heterocycles. The third-order valence-corrected chi connectivity index (χ3v) is 5.51. The molecule has 18 heavy (non-hydrogen) atoms. The molecule has 0 aromatic heterocycles. The summed E-state index contributed by atoms with van der Waals surface area (Å²) in [5.41, 5.74) is 0. The minimum absolute atomic E-state index is 0.273. The highest BCUT2D eigenvalue weighted by atomic mass is 32.2. The summed E-state index contributed by atoms with van der Waals surface area (Å²) < 4.78 is 30.8. The molecule has 0 bridgehead atoms. The normalized spacial score (nSPS) is 18.4. The van der Waals surface area contributed by atoms with Gasteiger partial charge in [0.1, 0.15) is 0 Å². The SMILES string of the molecule is CCN(CCOC)S(=O)(=O)CCC1CCNCC1. The van der Waals surface area contributed by atoms with Crippen LogP contribution in [0.1, 0.15) is 26.2 Å². The first-order valence-corrected chi connectivity index (χ1v) is 8.38. The van der Waals surface area contributed by atoms with E-state index in [0.29, 0.717) is 25.6 Å². The maximum Gasteiger partial charge on any atom is 0.214 e. The molecule has 1 saturated heterocycles. The lowest BCUT2D eigenvalue weighted by atomic mass is 9.96. The molecule has 0 aliphatic carbocycles. The van der Waals surface area contributed by atoms with E-state index >= 15 is 0 Å². The van der Waals surface area contributed by atoms with E-state index in [0.717, 1.165) is 32.4 Å². The lowest BCUT2D eigenvalue weighted by molar-refractivity contribution is 0.180. The number of likely N-dealkylation sites (N-methyl/N-ethyl adjacent to an activating group) is 1. The van der Waals surface area contributed by atoms with Gasteiger partial charge in [0.25, 0.3) is 0 Å². The van der Waals surface area contributed by atoms with Crippen LogP contribution in [0.3, 0.4) is 0 Å². The Kier molecular flexibility index (Phi) is 7.14. The van der Waals surface area contributed by atoms with Gasteiger partial charge in [-0.2, -0.15) is 4.31 Å². The first kappa shape index (κ1) is 15.9. The number of sulfonamides is 1. The zero-order chi connectivity index (χ0) is 13.4. The van der Waals surface area contributed by atoms with Crippen LogP contribution in [0, 0.1) is 5.92 Å². The van der Waals surface area contributed by atoms with Crippen molar-refractivity contribution in [3.05, 3.63) is 0 Å². The molecule has 0 atom stereocenters. The summed E-state index contributed by atoms with van der Waals surface area (Å²) in [6, 6.07) is 0. The average molecular weight is 278 g/mol. The molecule has 0 aromatic rings. The van der Waals surface area contributed by atoms with E-state index in [1.54, 1.807) is 7.11 Å². The van der Waals surface area contributed by atoms with Gasteiger partial charge < -0.3 is 10.1 Å². The Labute approximate surface area is 111 Å². The van der Waals surface area contributed by atoms with Crippen molar-refractivity contribution in [3.8, 4) is 0 Å². The van der Waals surface area contributed by atoms with E-state index in [9.17, 15) is 8.42 Å². The molecule has 0 amide bonds. The lowest BCUT2D eigenvalue weighted by Crippen LogP contribution is -2.36. The molecular weight excluding hydrogens is 252 g/mol. The minimum atomic E-state index is -3.11. The van der Waals surface area contributed by atoms with Crippen LogP contribution in [0.2, 0.25) is 0 Å². The second kappa shape index (κ2) is 8.09. The minimum Gasteiger partial charge on any atom is -0.383 e. The standard InChI is InChI=1S/C12H26N2O3S/c1-3-14(9-10-17-2)18(15,16)11-6-12-4-7-13-8-5-12/h12-13H,3-11H2,1-2H3. The Balaban J connectivity index is 2.40. The zero-order valence-electron chi connectivity index (χ0n) is 11.5. The highest BCUT2D eigenvalue weighted by molar-refractivity contribution is 7.89. The van der Waals surface area contributed by atoms with Crippen LogP contribution in [-0.2, 0) is 14.8 Å². The van der Waals surface area contributed by atoms with Crippen molar-refractivity contribution in [1.29, 1.82) is 0 Å². The molecule has 108 valence electrons. The number of ether oxygens (including phenoxy) is 1. The van der Waals surface area contributed by atoms with Crippen LogP contribution in [-0.4, -0.2) is 58.4 Å². The van der Waals surface area contributed by atoms with Crippen molar-refractivity contribution in [2.24, 2.45) is 5.92 Å². The van der Waals surface area contributed by atoms with Gasteiger partial charge in [0.15, 0.2) is 0 Å². The van der Waals surface area contributed by atoms with E-state index in [4.69, 9.17) is 4.74 Å². The predicted molar refractivity (Wildman–Crippen MR) is 73.1 cm³/mol. The van der Waals surface area contributed by atoms with Crippen LogP contribution >= 0.6 is 0 Å². The Morgan fingerprint density at radius 2 is 2.00 bits per heavy atom. The molecular formula is C12H26N2O3S. The molecule has 5 nitrogen and oxygen atoms in total. The molecule has 0 radical (unpaired) electrons. The molecule has 0 saturated carbocycles. The van der Waals surface area contributed by atoms with Crippen molar-refractivity contribution in [3.63, 3.8) is 0 Å². The molecule has 0 aromatic carbocycles.